The first-order chi connectivity index (χ1) is 9.60. The fraction of sp³-hybridized carbons (Fsp3) is 0.200. The minimum Gasteiger partial charge on any atom is -0.373 e. The van der Waals surface area contributed by atoms with E-state index < -0.39 is 0 Å². The molecule has 104 valence electrons. The topological polar surface area (TPSA) is 54.0 Å². The molecule has 1 heterocycles. The number of rotatable bonds is 4. The first-order valence-electron chi connectivity index (χ1n) is 6.31. The number of aromatic nitrogens is 1. The zero-order valence-electron chi connectivity index (χ0n) is 11.4. The molecule has 0 bridgehead atoms. The minimum absolute atomic E-state index is 0.138. The maximum absolute atomic E-state index is 12.1. The number of carbonyl (C=O) groups is 1. The smallest absolute Gasteiger partial charge is 0.270 e. The van der Waals surface area contributed by atoms with Crippen LogP contribution in [0.1, 0.15) is 29.0 Å². The molecule has 1 amide bonds. The van der Waals surface area contributed by atoms with Gasteiger partial charge in [-0.2, -0.15) is 0 Å². The lowest BCUT2D eigenvalue weighted by Gasteiger charge is -2.14. The second-order valence-corrected chi connectivity index (χ2v) is 4.84. The number of carbonyl (C=O) groups excluding carboxylic acids is 1. The lowest BCUT2D eigenvalue weighted by molar-refractivity contribution is 0.0935. The lowest BCUT2D eigenvalue weighted by Crippen LogP contribution is -2.27. The van der Waals surface area contributed by atoms with E-state index in [1.807, 2.05) is 25.1 Å². The van der Waals surface area contributed by atoms with E-state index in [1.165, 1.54) is 0 Å². The number of halogens is 1. The number of nitrogens with zero attached hydrogens (tertiary/aromatic N) is 1. The van der Waals surface area contributed by atoms with Crippen molar-refractivity contribution in [2.24, 2.45) is 0 Å². The van der Waals surface area contributed by atoms with Gasteiger partial charge in [-0.05, 0) is 36.8 Å². The van der Waals surface area contributed by atoms with E-state index in [0.717, 1.165) is 5.56 Å². The Balaban J connectivity index is 2.10. The van der Waals surface area contributed by atoms with Gasteiger partial charge in [0.15, 0.2) is 0 Å². The molecule has 2 N–H and O–H groups in total. The predicted octanol–water partition coefficient (Wildman–Crippen LogP) is 3.27. The summed E-state index contributed by atoms with van der Waals surface area (Å²) in [6.45, 7) is 1.91. The third-order valence-corrected chi connectivity index (χ3v) is 3.17. The van der Waals surface area contributed by atoms with Gasteiger partial charge in [-0.1, -0.05) is 29.8 Å². The van der Waals surface area contributed by atoms with Crippen molar-refractivity contribution in [2.75, 3.05) is 12.4 Å². The molecule has 0 saturated carbocycles. The first kappa shape index (κ1) is 14.3. The summed E-state index contributed by atoms with van der Waals surface area (Å²) in [6.07, 6.45) is 0. The van der Waals surface area contributed by atoms with Crippen LogP contribution in [0.5, 0.6) is 0 Å². The van der Waals surface area contributed by atoms with Crippen molar-refractivity contribution in [2.45, 2.75) is 13.0 Å². The normalized spacial score (nSPS) is 11.8. The van der Waals surface area contributed by atoms with Crippen molar-refractivity contribution >= 4 is 23.3 Å². The first-order valence-corrected chi connectivity index (χ1v) is 6.69. The Morgan fingerprint density at radius 1 is 1.25 bits per heavy atom. The van der Waals surface area contributed by atoms with Crippen LogP contribution < -0.4 is 10.6 Å². The summed E-state index contributed by atoms with van der Waals surface area (Å²) < 4.78 is 0. The van der Waals surface area contributed by atoms with E-state index in [0.29, 0.717) is 16.5 Å². The Bertz CT molecular complexity index is 616. The predicted molar refractivity (Wildman–Crippen MR) is 81.1 cm³/mol. The molecule has 0 saturated heterocycles. The van der Waals surface area contributed by atoms with Crippen LogP contribution in [0.15, 0.2) is 42.5 Å². The average Bonchev–Trinajstić information content (AvgIpc) is 2.47. The molecule has 0 radical (unpaired) electrons. The van der Waals surface area contributed by atoms with Gasteiger partial charge in [0.25, 0.3) is 5.91 Å². The van der Waals surface area contributed by atoms with Crippen molar-refractivity contribution in [3.8, 4) is 0 Å². The molecule has 0 aliphatic rings. The van der Waals surface area contributed by atoms with Gasteiger partial charge in [0, 0.05) is 12.1 Å². The van der Waals surface area contributed by atoms with Gasteiger partial charge in [0.2, 0.25) is 0 Å². The fourth-order valence-electron chi connectivity index (χ4n) is 1.83. The summed E-state index contributed by atoms with van der Waals surface area (Å²) in [4.78, 5) is 16.4. The lowest BCUT2D eigenvalue weighted by atomic mass is 10.1. The van der Waals surface area contributed by atoms with Crippen LogP contribution in [0.25, 0.3) is 0 Å². The molecule has 0 aliphatic heterocycles. The largest absolute Gasteiger partial charge is 0.373 e. The summed E-state index contributed by atoms with van der Waals surface area (Å²) in [7, 11) is 1.76. The van der Waals surface area contributed by atoms with E-state index in [-0.39, 0.29) is 11.9 Å². The molecule has 0 fully saturated rings. The van der Waals surface area contributed by atoms with Gasteiger partial charge in [-0.25, -0.2) is 4.98 Å². The standard InChI is InChI=1S/C15H16ClN3O/c1-10(11-5-3-6-12(16)9-11)18-15(20)13-7-4-8-14(17-2)19-13/h3-10H,1-2H3,(H,17,19)(H,18,20). The fourth-order valence-corrected chi connectivity index (χ4v) is 2.03. The van der Waals surface area contributed by atoms with Crippen LogP contribution in [-0.2, 0) is 0 Å². The molecule has 0 aliphatic carbocycles. The number of hydrogen-bond acceptors (Lipinski definition) is 3. The van der Waals surface area contributed by atoms with Gasteiger partial charge in [0.1, 0.15) is 11.5 Å². The number of nitrogens with one attached hydrogen (secondary N) is 2. The van der Waals surface area contributed by atoms with Crippen molar-refractivity contribution in [1.29, 1.82) is 0 Å². The Hall–Kier alpha value is -2.07. The van der Waals surface area contributed by atoms with Crippen LogP contribution in [0.3, 0.4) is 0 Å². The van der Waals surface area contributed by atoms with E-state index >= 15 is 0 Å². The molecular weight excluding hydrogens is 274 g/mol. The highest BCUT2D eigenvalue weighted by atomic mass is 35.5. The molecule has 5 heteroatoms. The van der Waals surface area contributed by atoms with Gasteiger partial charge < -0.3 is 10.6 Å². The number of benzene rings is 1. The average molecular weight is 290 g/mol. The summed E-state index contributed by atoms with van der Waals surface area (Å²) in [6, 6.07) is 12.6. The Labute approximate surface area is 123 Å². The van der Waals surface area contributed by atoms with E-state index in [2.05, 4.69) is 15.6 Å². The minimum atomic E-state index is -0.213. The zero-order valence-corrected chi connectivity index (χ0v) is 12.1. The molecule has 1 unspecified atom stereocenters. The second kappa shape index (κ2) is 6.39. The van der Waals surface area contributed by atoms with Crippen LogP contribution in [0, 0.1) is 0 Å². The third-order valence-electron chi connectivity index (χ3n) is 2.93. The van der Waals surface area contributed by atoms with Gasteiger partial charge in [-0.15, -0.1) is 0 Å². The van der Waals surface area contributed by atoms with E-state index in [1.54, 1.807) is 31.3 Å². The van der Waals surface area contributed by atoms with Gasteiger partial charge >= 0.3 is 0 Å². The molecule has 4 nitrogen and oxygen atoms in total. The van der Waals surface area contributed by atoms with E-state index in [4.69, 9.17) is 11.6 Å². The summed E-state index contributed by atoms with van der Waals surface area (Å²) in [5, 5.41) is 6.46. The molecule has 20 heavy (non-hydrogen) atoms. The SMILES string of the molecule is CNc1cccc(C(=O)NC(C)c2cccc(Cl)c2)n1. The van der Waals surface area contributed by atoms with E-state index in [9.17, 15) is 4.79 Å². The highest BCUT2D eigenvalue weighted by molar-refractivity contribution is 6.30. The van der Waals surface area contributed by atoms with Crippen LogP contribution in [-0.4, -0.2) is 17.9 Å². The van der Waals surface area contributed by atoms with Crippen molar-refractivity contribution < 1.29 is 4.79 Å². The van der Waals surface area contributed by atoms with Crippen molar-refractivity contribution in [1.82, 2.24) is 10.3 Å². The van der Waals surface area contributed by atoms with Crippen molar-refractivity contribution in [3.63, 3.8) is 0 Å². The third kappa shape index (κ3) is 3.48. The quantitative estimate of drug-likeness (QED) is 0.908. The molecule has 1 aromatic heterocycles. The number of anilines is 1. The maximum atomic E-state index is 12.1. The number of pyridine rings is 1. The highest BCUT2D eigenvalue weighted by Crippen LogP contribution is 2.17. The molecule has 1 atom stereocenters. The Morgan fingerprint density at radius 3 is 2.70 bits per heavy atom. The monoisotopic (exact) mass is 289 g/mol. The van der Waals surface area contributed by atoms with Crippen LogP contribution >= 0.6 is 11.6 Å². The molecule has 2 aromatic rings. The number of amides is 1. The summed E-state index contributed by atoms with van der Waals surface area (Å²) in [5.41, 5.74) is 1.33. The zero-order chi connectivity index (χ0) is 14.5. The van der Waals surface area contributed by atoms with Gasteiger partial charge in [-0.3, -0.25) is 4.79 Å². The molecule has 1 aromatic carbocycles. The van der Waals surface area contributed by atoms with Crippen LogP contribution in [0.2, 0.25) is 5.02 Å². The second-order valence-electron chi connectivity index (χ2n) is 4.41. The molecular formula is C15H16ClN3O. The van der Waals surface area contributed by atoms with Gasteiger partial charge in [0.05, 0.1) is 6.04 Å². The Kier molecular flexibility index (Phi) is 4.58. The summed E-state index contributed by atoms with van der Waals surface area (Å²) in [5.74, 6) is 0.447. The number of hydrogen-bond donors (Lipinski definition) is 2. The molecule has 0 spiro atoms. The summed E-state index contributed by atoms with van der Waals surface area (Å²) >= 11 is 5.95. The highest BCUT2D eigenvalue weighted by Gasteiger charge is 2.13. The Morgan fingerprint density at radius 2 is 2.00 bits per heavy atom. The van der Waals surface area contributed by atoms with Crippen molar-refractivity contribution in [3.05, 3.63) is 58.7 Å². The maximum Gasteiger partial charge on any atom is 0.270 e. The molecule has 2 rings (SSSR count). The van der Waals surface area contributed by atoms with Crippen LogP contribution in [0.4, 0.5) is 5.82 Å².